The van der Waals surface area contributed by atoms with Crippen LogP contribution in [0.2, 0.25) is 0 Å². The molecule has 1 aliphatic rings. The summed E-state index contributed by atoms with van der Waals surface area (Å²) in [5, 5.41) is 2.79. The van der Waals surface area contributed by atoms with Crippen LogP contribution in [0.15, 0.2) is 71.8 Å². The zero-order valence-corrected chi connectivity index (χ0v) is 23.3. The third-order valence-corrected chi connectivity index (χ3v) is 7.84. The topological polar surface area (TPSA) is 150 Å². The minimum absolute atomic E-state index is 0.0615. The Balaban J connectivity index is 1.27. The zero-order valence-electron chi connectivity index (χ0n) is 22.5. The van der Waals surface area contributed by atoms with Crippen molar-refractivity contribution in [1.29, 1.82) is 0 Å². The molecule has 4 rings (SSSR count). The van der Waals surface area contributed by atoms with Gasteiger partial charge in [0.15, 0.2) is 0 Å². The lowest BCUT2D eigenvalue weighted by Gasteiger charge is -2.20. The molecule has 1 heterocycles. The van der Waals surface area contributed by atoms with E-state index in [1.807, 2.05) is 29.0 Å². The summed E-state index contributed by atoms with van der Waals surface area (Å²) in [7, 11) is -2.65. The molecule has 1 saturated carbocycles. The summed E-state index contributed by atoms with van der Waals surface area (Å²) in [5.41, 5.74) is 1.20. The lowest BCUT2D eigenvalue weighted by atomic mass is 9.98. The molecule has 2 amide bonds. The number of nitrogens with one attached hydrogen (secondary N) is 2. The van der Waals surface area contributed by atoms with Gasteiger partial charge in [0.25, 0.3) is 21.8 Å². The van der Waals surface area contributed by atoms with Crippen LogP contribution in [0, 0.1) is 0 Å². The number of carbonyl (C=O) groups excluding carboxylic acids is 3. The van der Waals surface area contributed by atoms with Crippen molar-refractivity contribution in [1.82, 2.24) is 15.0 Å². The van der Waals surface area contributed by atoms with E-state index in [-0.39, 0.29) is 33.9 Å². The minimum atomic E-state index is -4.23. The minimum Gasteiger partial charge on any atom is -0.497 e. The first-order valence-electron chi connectivity index (χ1n) is 13.2. The van der Waals surface area contributed by atoms with Crippen molar-refractivity contribution >= 4 is 28.0 Å². The van der Waals surface area contributed by atoms with E-state index in [1.54, 1.807) is 7.11 Å². The van der Waals surface area contributed by atoms with Crippen LogP contribution in [0.25, 0.3) is 0 Å². The van der Waals surface area contributed by atoms with E-state index in [1.165, 1.54) is 36.4 Å². The first-order chi connectivity index (χ1) is 19.7. The molecule has 2 N–H and O–H groups in total. The number of ether oxygens (including phenoxy) is 3. The summed E-state index contributed by atoms with van der Waals surface area (Å²) in [6.45, 7) is 0.377. The maximum atomic E-state index is 12.7. The highest BCUT2D eigenvalue weighted by molar-refractivity contribution is 7.90. The number of benzene rings is 2. The highest BCUT2D eigenvalue weighted by Gasteiger charge is 2.21. The lowest BCUT2D eigenvalue weighted by Crippen LogP contribution is -2.31. The molecule has 0 spiro atoms. The van der Waals surface area contributed by atoms with Crippen LogP contribution in [0.4, 0.5) is 4.79 Å². The standard InChI is InChI=1S/C29H31N3O8S/c1-38-24-9-5-6-20(18-24)16-17-30-27(33)21-10-13-25(14-11-21)41(36,37)32-28(34)22-12-15-26(31-19-22)40-29(35)39-23-7-3-2-4-8-23/h5-6,9-15,18-19,23H,2-4,7-8,16-17H2,1H3,(H,30,33)(H,32,34). The quantitative estimate of drug-likeness (QED) is 0.338. The number of sulfonamides is 1. The van der Waals surface area contributed by atoms with Crippen LogP contribution in [0.5, 0.6) is 11.6 Å². The predicted molar refractivity (Wildman–Crippen MR) is 148 cm³/mol. The van der Waals surface area contributed by atoms with Gasteiger partial charge in [0.05, 0.1) is 17.6 Å². The maximum Gasteiger partial charge on any atom is 0.515 e. The van der Waals surface area contributed by atoms with Crippen molar-refractivity contribution in [2.45, 2.75) is 49.5 Å². The Kier molecular flexibility index (Phi) is 9.91. The fraction of sp³-hybridized carbons (Fsp3) is 0.310. The molecule has 12 heteroatoms. The molecule has 1 aromatic heterocycles. The average molecular weight is 582 g/mol. The number of aromatic nitrogens is 1. The van der Waals surface area contributed by atoms with Gasteiger partial charge in [0.2, 0.25) is 5.88 Å². The van der Waals surface area contributed by atoms with Gasteiger partial charge in [-0.2, -0.15) is 0 Å². The smallest absolute Gasteiger partial charge is 0.497 e. The van der Waals surface area contributed by atoms with Crippen LogP contribution in [0.1, 0.15) is 58.4 Å². The molecule has 1 fully saturated rings. The predicted octanol–water partition coefficient (Wildman–Crippen LogP) is 4.03. The lowest BCUT2D eigenvalue weighted by molar-refractivity contribution is 0.0407. The highest BCUT2D eigenvalue weighted by atomic mass is 32.2. The van der Waals surface area contributed by atoms with Crippen LogP contribution in [-0.4, -0.2) is 51.1 Å². The average Bonchev–Trinajstić information content (AvgIpc) is 2.98. The van der Waals surface area contributed by atoms with Gasteiger partial charge in [-0.15, -0.1) is 0 Å². The normalized spacial score (nSPS) is 13.6. The summed E-state index contributed by atoms with van der Waals surface area (Å²) in [6, 6.07) is 15.2. The van der Waals surface area contributed by atoms with E-state index in [0.717, 1.165) is 49.6 Å². The molecule has 1 aliphatic carbocycles. The molecule has 2 aromatic carbocycles. The number of rotatable bonds is 10. The van der Waals surface area contributed by atoms with E-state index in [2.05, 4.69) is 10.3 Å². The van der Waals surface area contributed by atoms with E-state index >= 15 is 0 Å². The Morgan fingerprint density at radius 1 is 0.927 bits per heavy atom. The number of amides is 2. The van der Waals surface area contributed by atoms with Crippen molar-refractivity contribution in [2.75, 3.05) is 13.7 Å². The number of carbonyl (C=O) groups is 3. The van der Waals surface area contributed by atoms with Gasteiger partial charge in [0, 0.05) is 24.4 Å². The Labute approximate surface area is 238 Å². The van der Waals surface area contributed by atoms with E-state index in [4.69, 9.17) is 14.2 Å². The maximum absolute atomic E-state index is 12.7. The molecule has 0 aliphatic heterocycles. The monoisotopic (exact) mass is 581 g/mol. The van der Waals surface area contributed by atoms with Crippen LogP contribution < -0.4 is 19.5 Å². The summed E-state index contributed by atoms with van der Waals surface area (Å²) in [5.74, 6) is -0.640. The molecule has 0 radical (unpaired) electrons. The molecule has 0 bridgehead atoms. The SMILES string of the molecule is COc1cccc(CCNC(=O)c2ccc(S(=O)(=O)NC(=O)c3ccc(OC(=O)OC4CCCCC4)nc3)cc2)c1. The van der Waals surface area contributed by atoms with Crippen molar-refractivity contribution in [3.05, 3.63) is 83.6 Å². The molecule has 216 valence electrons. The fourth-order valence-electron chi connectivity index (χ4n) is 4.28. The largest absolute Gasteiger partial charge is 0.515 e. The van der Waals surface area contributed by atoms with Crippen LogP contribution in [-0.2, 0) is 21.2 Å². The highest BCUT2D eigenvalue weighted by Crippen LogP contribution is 2.21. The number of hydrogen-bond donors (Lipinski definition) is 2. The number of hydrogen-bond acceptors (Lipinski definition) is 9. The number of pyridine rings is 1. The molecule has 41 heavy (non-hydrogen) atoms. The fourth-order valence-corrected chi connectivity index (χ4v) is 5.25. The van der Waals surface area contributed by atoms with Crippen molar-refractivity contribution in [3.8, 4) is 11.6 Å². The molecule has 0 unspecified atom stereocenters. The van der Waals surface area contributed by atoms with Crippen molar-refractivity contribution in [2.24, 2.45) is 0 Å². The Hall–Kier alpha value is -4.45. The van der Waals surface area contributed by atoms with Gasteiger partial charge in [0.1, 0.15) is 11.9 Å². The van der Waals surface area contributed by atoms with E-state index in [9.17, 15) is 22.8 Å². The second-order valence-electron chi connectivity index (χ2n) is 9.43. The van der Waals surface area contributed by atoms with Crippen molar-refractivity contribution in [3.63, 3.8) is 0 Å². The van der Waals surface area contributed by atoms with E-state index < -0.39 is 22.1 Å². The summed E-state index contributed by atoms with van der Waals surface area (Å²) < 4.78 is 42.9. The summed E-state index contributed by atoms with van der Waals surface area (Å²) >= 11 is 0. The third kappa shape index (κ3) is 8.52. The molecule has 11 nitrogen and oxygen atoms in total. The Morgan fingerprint density at radius 2 is 1.66 bits per heavy atom. The van der Waals surface area contributed by atoms with Gasteiger partial charge in [-0.1, -0.05) is 18.6 Å². The molecule has 0 saturated heterocycles. The van der Waals surface area contributed by atoms with Gasteiger partial charge in [-0.25, -0.2) is 22.9 Å². The zero-order chi connectivity index (χ0) is 29.2. The second kappa shape index (κ2) is 13.8. The number of methoxy groups -OCH3 is 1. The molecular weight excluding hydrogens is 550 g/mol. The molecule has 3 aromatic rings. The van der Waals surface area contributed by atoms with Gasteiger partial charge in [-0.3, -0.25) is 9.59 Å². The van der Waals surface area contributed by atoms with Gasteiger partial charge >= 0.3 is 6.16 Å². The number of nitrogens with zero attached hydrogens (tertiary/aromatic N) is 1. The third-order valence-electron chi connectivity index (χ3n) is 6.49. The summed E-state index contributed by atoms with van der Waals surface area (Å²) in [4.78, 5) is 40.7. The van der Waals surface area contributed by atoms with Gasteiger partial charge in [-0.05, 0) is 80.1 Å². The van der Waals surface area contributed by atoms with Crippen molar-refractivity contribution < 1.29 is 37.0 Å². The Bertz CT molecular complexity index is 1470. The molecule has 0 atom stereocenters. The Morgan fingerprint density at radius 3 is 2.34 bits per heavy atom. The molecular formula is C29H31N3O8S. The van der Waals surface area contributed by atoms with Crippen LogP contribution >= 0.6 is 0 Å². The second-order valence-corrected chi connectivity index (χ2v) is 11.1. The summed E-state index contributed by atoms with van der Waals surface area (Å²) in [6.07, 6.45) is 5.31. The first-order valence-corrected chi connectivity index (χ1v) is 14.6. The van der Waals surface area contributed by atoms with Gasteiger partial charge < -0.3 is 19.5 Å². The van der Waals surface area contributed by atoms with Crippen LogP contribution in [0.3, 0.4) is 0 Å². The van der Waals surface area contributed by atoms with E-state index in [0.29, 0.717) is 13.0 Å². The first kappa shape index (κ1) is 29.5.